The van der Waals surface area contributed by atoms with Crippen LogP contribution in [-0.2, 0) is 0 Å². The highest BCUT2D eigenvalue weighted by Gasteiger charge is 1.99. The number of pyridine rings is 1. The molecule has 0 fully saturated rings. The fourth-order valence-corrected chi connectivity index (χ4v) is 2.83. The fraction of sp³-hybridized carbons (Fsp3) is 0.0455. The standard InChI is InChI=1S/C22H17NO/c1-24-21-12-13-22-19(15-21)9-11-20(23-22)10-7-16-6-8-17-4-2-3-5-18(17)14-16/h2-15H,1H3/b10-7+. The highest BCUT2D eigenvalue weighted by atomic mass is 16.5. The molecule has 4 rings (SSSR count). The molecule has 0 unspecified atom stereocenters. The van der Waals surface area contributed by atoms with Gasteiger partial charge in [0, 0.05) is 5.39 Å². The summed E-state index contributed by atoms with van der Waals surface area (Å²) in [5.41, 5.74) is 3.09. The lowest BCUT2D eigenvalue weighted by Crippen LogP contribution is -1.86. The maximum absolute atomic E-state index is 5.25. The summed E-state index contributed by atoms with van der Waals surface area (Å²) in [6, 6.07) is 24.9. The number of aromatic nitrogens is 1. The van der Waals surface area contributed by atoms with Crippen LogP contribution in [0.3, 0.4) is 0 Å². The van der Waals surface area contributed by atoms with Gasteiger partial charge in [0.05, 0.1) is 18.3 Å². The summed E-state index contributed by atoms with van der Waals surface area (Å²) >= 11 is 0. The van der Waals surface area contributed by atoms with Crippen molar-refractivity contribution < 1.29 is 4.74 Å². The molecule has 1 aromatic heterocycles. The van der Waals surface area contributed by atoms with Crippen molar-refractivity contribution in [2.45, 2.75) is 0 Å². The molecule has 24 heavy (non-hydrogen) atoms. The summed E-state index contributed by atoms with van der Waals surface area (Å²) < 4.78 is 5.25. The summed E-state index contributed by atoms with van der Waals surface area (Å²) in [6.07, 6.45) is 4.15. The number of hydrogen-bond donors (Lipinski definition) is 0. The van der Waals surface area contributed by atoms with E-state index < -0.39 is 0 Å². The van der Waals surface area contributed by atoms with Crippen molar-refractivity contribution in [3.05, 3.63) is 84.1 Å². The van der Waals surface area contributed by atoms with Crippen molar-refractivity contribution in [3.63, 3.8) is 0 Å². The molecular weight excluding hydrogens is 294 g/mol. The van der Waals surface area contributed by atoms with Gasteiger partial charge < -0.3 is 4.74 Å². The van der Waals surface area contributed by atoms with Gasteiger partial charge in [0.15, 0.2) is 0 Å². The molecule has 0 atom stereocenters. The summed E-state index contributed by atoms with van der Waals surface area (Å²) in [5.74, 6) is 0.851. The molecule has 0 saturated carbocycles. The first-order valence-electron chi connectivity index (χ1n) is 7.93. The number of hydrogen-bond acceptors (Lipinski definition) is 2. The Morgan fingerprint density at radius 2 is 1.58 bits per heavy atom. The Bertz CT molecular complexity index is 1050. The average molecular weight is 311 g/mol. The normalized spacial score (nSPS) is 11.4. The first-order chi connectivity index (χ1) is 11.8. The van der Waals surface area contributed by atoms with Crippen LogP contribution in [0.2, 0.25) is 0 Å². The molecule has 0 radical (unpaired) electrons. The van der Waals surface area contributed by atoms with E-state index in [1.54, 1.807) is 7.11 Å². The second-order valence-corrected chi connectivity index (χ2v) is 5.73. The Balaban J connectivity index is 1.65. The van der Waals surface area contributed by atoms with Gasteiger partial charge in [0.1, 0.15) is 5.75 Å². The van der Waals surface area contributed by atoms with Gasteiger partial charge in [-0.15, -0.1) is 0 Å². The lowest BCUT2D eigenvalue weighted by molar-refractivity contribution is 0.415. The van der Waals surface area contributed by atoms with Crippen LogP contribution >= 0.6 is 0 Å². The number of benzene rings is 3. The largest absolute Gasteiger partial charge is 0.497 e. The molecule has 0 spiro atoms. The second-order valence-electron chi connectivity index (χ2n) is 5.73. The zero-order valence-corrected chi connectivity index (χ0v) is 13.4. The molecule has 3 aromatic carbocycles. The van der Waals surface area contributed by atoms with Crippen molar-refractivity contribution in [3.8, 4) is 5.75 Å². The predicted molar refractivity (Wildman–Crippen MR) is 101 cm³/mol. The molecule has 0 saturated heterocycles. The van der Waals surface area contributed by atoms with E-state index in [1.165, 1.54) is 16.3 Å². The molecule has 0 N–H and O–H groups in total. The number of ether oxygens (including phenoxy) is 1. The van der Waals surface area contributed by atoms with Crippen LogP contribution in [0, 0.1) is 0 Å². The molecule has 0 aliphatic rings. The Labute approximate surface area is 141 Å². The van der Waals surface area contributed by atoms with E-state index in [9.17, 15) is 0 Å². The van der Waals surface area contributed by atoms with Crippen molar-refractivity contribution in [1.29, 1.82) is 0 Å². The van der Waals surface area contributed by atoms with Gasteiger partial charge in [0.25, 0.3) is 0 Å². The van der Waals surface area contributed by atoms with E-state index >= 15 is 0 Å². The molecule has 0 amide bonds. The van der Waals surface area contributed by atoms with Gasteiger partial charge >= 0.3 is 0 Å². The number of nitrogens with zero attached hydrogens (tertiary/aromatic N) is 1. The molecule has 0 bridgehead atoms. The molecular formula is C22H17NO. The third kappa shape index (κ3) is 2.86. The van der Waals surface area contributed by atoms with E-state index in [-0.39, 0.29) is 0 Å². The minimum absolute atomic E-state index is 0.851. The summed E-state index contributed by atoms with van der Waals surface area (Å²) in [4.78, 5) is 4.69. The van der Waals surface area contributed by atoms with E-state index in [0.29, 0.717) is 0 Å². The summed E-state index contributed by atoms with van der Waals surface area (Å²) in [6.45, 7) is 0. The Hall–Kier alpha value is -3.13. The van der Waals surface area contributed by atoms with Crippen molar-refractivity contribution >= 4 is 33.8 Å². The topological polar surface area (TPSA) is 22.1 Å². The van der Waals surface area contributed by atoms with Crippen LogP contribution in [0.25, 0.3) is 33.8 Å². The van der Waals surface area contributed by atoms with E-state index in [0.717, 1.165) is 22.3 Å². The SMILES string of the molecule is COc1ccc2nc(/C=C/c3ccc4ccccc4c3)ccc2c1. The fourth-order valence-electron chi connectivity index (χ4n) is 2.83. The molecule has 0 aliphatic heterocycles. The zero-order chi connectivity index (χ0) is 16.4. The number of fused-ring (bicyclic) bond motifs is 2. The first kappa shape index (κ1) is 14.5. The zero-order valence-electron chi connectivity index (χ0n) is 13.4. The van der Waals surface area contributed by atoms with E-state index in [1.807, 2.05) is 30.3 Å². The highest BCUT2D eigenvalue weighted by Crippen LogP contribution is 2.21. The summed E-state index contributed by atoms with van der Waals surface area (Å²) in [5, 5.41) is 3.59. The van der Waals surface area contributed by atoms with Crippen molar-refractivity contribution in [2.24, 2.45) is 0 Å². The van der Waals surface area contributed by atoms with Gasteiger partial charge in [-0.25, -0.2) is 4.98 Å². The van der Waals surface area contributed by atoms with E-state index in [2.05, 4.69) is 59.6 Å². The van der Waals surface area contributed by atoms with Crippen LogP contribution in [-0.4, -0.2) is 12.1 Å². The Morgan fingerprint density at radius 3 is 2.46 bits per heavy atom. The van der Waals surface area contributed by atoms with Crippen molar-refractivity contribution in [2.75, 3.05) is 7.11 Å². The third-order valence-electron chi connectivity index (χ3n) is 4.14. The number of rotatable bonds is 3. The van der Waals surface area contributed by atoms with Gasteiger partial charge in [0.2, 0.25) is 0 Å². The molecule has 4 aromatic rings. The Morgan fingerprint density at radius 1 is 0.750 bits per heavy atom. The van der Waals surface area contributed by atoms with Gasteiger partial charge in [-0.1, -0.05) is 48.5 Å². The lowest BCUT2D eigenvalue weighted by Gasteiger charge is -2.03. The second kappa shape index (κ2) is 6.17. The van der Waals surface area contributed by atoms with Crippen LogP contribution in [0.4, 0.5) is 0 Å². The van der Waals surface area contributed by atoms with Crippen LogP contribution in [0.1, 0.15) is 11.3 Å². The molecule has 116 valence electrons. The molecule has 2 nitrogen and oxygen atoms in total. The van der Waals surface area contributed by atoms with Gasteiger partial charge in [-0.2, -0.15) is 0 Å². The van der Waals surface area contributed by atoms with Crippen LogP contribution in [0.5, 0.6) is 5.75 Å². The smallest absolute Gasteiger partial charge is 0.119 e. The van der Waals surface area contributed by atoms with E-state index in [4.69, 9.17) is 4.74 Å². The van der Waals surface area contributed by atoms with Gasteiger partial charge in [-0.3, -0.25) is 0 Å². The van der Waals surface area contributed by atoms with Crippen LogP contribution < -0.4 is 4.74 Å². The number of methoxy groups -OCH3 is 1. The van der Waals surface area contributed by atoms with Gasteiger partial charge in [-0.05, 0) is 52.7 Å². The first-order valence-corrected chi connectivity index (χ1v) is 7.93. The quantitative estimate of drug-likeness (QED) is 0.493. The molecule has 1 heterocycles. The van der Waals surface area contributed by atoms with Crippen LogP contribution in [0.15, 0.2) is 72.8 Å². The average Bonchev–Trinajstić information content (AvgIpc) is 2.65. The maximum Gasteiger partial charge on any atom is 0.119 e. The maximum atomic E-state index is 5.25. The minimum Gasteiger partial charge on any atom is -0.497 e. The monoisotopic (exact) mass is 311 g/mol. The molecule has 0 aliphatic carbocycles. The third-order valence-corrected chi connectivity index (χ3v) is 4.14. The molecule has 2 heteroatoms. The van der Waals surface area contributed by atoms with Crippen molar-refractivity contribution in [1.82, 2.24) is 4.98 Å². The lowest BCUT2D eigenvalue weighted by atomic mass is 10.1. The Kier molecular flexibility index (Phi) is 3.72. The predicted octanol–water partition coefficient (Wildman–Crippen LogP) is 5.57. The highest BCUT2D eigenvalue weighted by molar-refractivity contribution is 5.86. The minimum atomic E-state index is 0.851. The summed E-state index contributed by atoms with van der Waals surface area (Å²) in [7, 11) is 1.68.